The molecular weight excluding hydrogens is 288 g/mol. The lowest BCUT2D eigenvalue weighted by atomic mass is 10.0. The number of hydrogen-bond acceptors (Lipinski definition) is 3. The predicted molar refractivity (Wildman–Crippen MR) is 91.3 cm³/mol. The molecule has 2 atom stereocenters. The molecule has 126 valence electrons. The van der Waals surface area contributed by atoms with Gasteiger partial charge >= 0.3 is 6.09 Å². The monoisotopic (exact) mass is 316 g/mol. The summed E-state index contributed by atoms with van der Waals surface area (Å²) in [4.78, 5) is 14.6. The Hall–Kier alpha value is -1.55. The second-order valence-electron chi connectivity index (χ2n) is 8.08. The number of hydrogen-bond donors (Lipinski definition) is 1. The van der Waals surface area contributed by atoms with Crippen molar-refractivity contribution >= 4 is 6.09 Å². The number of benzene rings is 1. The molecule has 1 aromatic carbocycles. The van der Waals surface area contributed by atoms with Crippen molar-refractivity contribution in [2.24, 2.45) is 5.41 Å². The van der Waals surface area contributed by atoms with Gasteiger partial charge in [-0.1, -0.05) is 30.3 Å². The first-order chi connectivity index (χ1) is 10.8. The number of amides is 1. The lowest BCUT2D eigenvalue weighted by molar-refractivity contribution is 0.0491. The second-order valence-corrected chi connectivity index (χ2v) is 8.08. The van der Waals surface area contributed by atoms with Crippen molar-refractivity contribution in [3.63, 3.8) is 0 Å². The molecule has 1 aliphatic heterocycles. The molecular formula is C19H28N2O2. The molecule has 1 saturated carbocycles. The van der Waals surface area contributed by atoms with E-state index in [1.807, 2.05) is 20.8 Å². The van der Waals surface area contributed by atoms with E-state index in [0.717, 1.165) is 13.1 Å². The van der Waals surface area contributed by atoms with E-state index in [2.05, 4.69) is 47.5 Å². The number of likely N-dealkylation sites (tertiary alicyclic amines) is 1. The summed E-state index contributed by atoms with van der Waals surface area (Å²) in [5.41, 5.74) is 1.15. The Kier molecular flexibility index (Phi) is 4.13. The third-order valence-electron chi connectivity index (χ3n) is 5.09. The van der Waals surface area contributed by atoms with Crippen molar-refractivity contribution < 1.29 is 9.53 Å². The fourth-order valence-corrected chi connectivity index (χ4v) is 3.56. The van der Waals surface area contributed by atoms with Gasteiger partial charge in [-0.3, -0.25) is 4.90 Å². The van der Waals surface area contributed by atoms with E-state index >= 15 is 0 Å². The zero-order valence-electron chi connectivity index (χ0n) is 14.6. The smallest absolute Gasteiger partial charge is 0.407 e. The fraction of sp³-hybridized carbons (Fsp3) is 0.632. The molecule has 23 heavy (non-hydrogen) atoms. The Morgan fingerprint density at radius 3 is 2.52 bits per heavy atom. The van der Waals surface area contributed by atoms with Crippen LogP contribution in [0.5, 0.6) is 0 Å². The van der Waals surface area contributed by atoms with Crippen LogP contribution in [-0.2, 0) is 4.74 Å². The van der Waals surface area contributed by atoms with Crippen molar-refractivity contribution in [1.82, 2.24) is 10.2 Å². The van der Waals surface area contributed by atoms with Gasteiger partial charge in [0.05, 0.1) is 6.04 Å². The van der Waals surface area contributed by atoms with E-state index in [-0.39, 0.29) is 17.6 Å². The molecule has 2 fully saturated rings. The highest BCUT2D eigenvalue weighted by Crippen LogP contribution is 2.54. The Bertz CT molecular complexity index is 560. The van der Waals surface area contributed by atoms with Crippen LogP contribution >= 0.6 is 0 Å². The molecule has 2 aliphatic rings. The van der Waals surface area contributed by atoms with Crippen LogP contribution < -0.4 is 5.32 Å². The molecule has 0 unspecified atom stereocenters. The second kappa shape index (κ2) is 5.82. The molecule has 1 amide bonds. The third-order valence-corrected chi connectivity index (χ3v) is 5.09. The van der Waals surface area contributed by atoms with Crippen LogP contribution in [0.4, 0.5) is 4.79 Å². The van der Waals surface area contributed by atoms with E-state index < -0.39 is 5.60 Å². The van der Waals surface area contributed by atoms with Gasteiger partial charge in [0.25, 0.3) is 0 Å². The molecule has 0 radical (unpaired) electrons. The summed E-state index contributed by atoms with van der Waals surface area (Å²) in [6.07, 6.45) is 2.11. The van der Waals surface area contributed by atoms with Gasteiger partial charge in [0.2, 0.25) is 0 Å². The number of nitrogens with zero attached hydrogens (tertiary/aromatic N) is 1. The molecule has 1 N–H and O–H groups in total. The largest absolute Gasteiger partial charge is 0.444 e. The van der Waals surface area contributed by atoms with Crippen LogP contribution in [0.1, 0.15) is 52.1 Å². The van der Waals surface area contributed by atoms with Crippen molar-refractivity contribution in [3.05, 3.63) is 35.9 Å². The zero-order chi connectivity index (χ0) is 16.7. The first-order valence-electron chi connectivity index (χ1n) is 8.58. The van der Waals surface area contributed by atoms with Gasteiger partial charge < -0.3 is 10.1 Å². The van der Waals surface area contributed by atoms with Crippen molar-refractivity contribution in [2.45, 2.75) is 58.2 Å². The van der Waals surface area contributed by atoms with Crippen LogP contribution in [0.3, 0.4) is 0 Å². The minimum atomic E-state index is -0.448. The van der Waals surface area contributed by atoms with E-state index in [4.69, 9.17) is 4.74 Å². The summed E-state index contributed by atoms with van der Waals surface area (Å²) in [6.45, 7) is 9.91. The van der Waals surface area contributed by atoms with Crippen LogP contribution in [0.25, 0.3) is 0 Å². The fourth-order valence-electron chi connectivity index (χ4n) is 3.56. The summed E-state index contributed by atoms with van der Waals surface area (Å²) < 4.78 is 5.43. The Morgan fingerprint density at radius 2 is 1.96 bits per heavy atom. The maximum Gasteiger partial charge on any atom is 0.407 e. The normalized spacial score (nSPS) is 24.4. The van der Waals surface area contributed by atoms with E-state index in [9.17, 15) is 4.79 Å². The molecule has 0 bridgehead atoms. The van der Waals surface area contributed by atoms with Gasteiger partial charge in [-0.2, -0.15) is 0 Å². The Balaban J connectivity index is 1.64. The number of alkyl carbamates (subject to hydrolysis) is 1. The highest BCUT2D eigenvalue weighted by atomic mass is 16.6. The van der Waals surface area contributed by atoms with Gasteiger partial charge in [-0.15, -0.1) is 0 Å². The SMILES string of the molecule is C[C@H](c1ccccc1)N1C[C@H](NC(=O)OC(C)(C)C)C2(CC2)C1. The number of ether oxygens (including phenoxy) is 1. The minimum Gasteiger partial charge on any atom is -0.444 e. The molecule has 4 heteroatoms. The van der Waals surface area contributed by atoms with Gasteiger partial charge in [0.15, 0.2) is 0 Å². The van der Waals surface area contributed by atoms with Crippen LogP contribution in [0, 0.1) is 5.41 Å². The molecule has 1 aromatic rings. The molecule has 1 heterocycles. The standard InChI is InChI=1S/C19H28N2O2/c1-14(15-8-6-5-7-9-15)21-12-16(19(13-21)10-11-19)20-17(22)23-18(2,3)4/h5-9,14,16H,10-13H2,1-4H3,(H,20,22)/t14-,16+/m1/s1. The average Bonchev–Trinajstić information content (AvgIpc) is 3.16. The quantitative estimate of drug-likeness (QED) is 0.923. The number of carbonyl (C=O) groups excluding carboxylic acids is 1. The maximum atomic E-state index is 12.1. The number of nitrogens with one attached hydrogen (secondary N) is 1. The molecule has 1 saturated heterocycles. The maximum absolute atomic E-state index is 12.1. The summed E-state index contributed by atoms with van der Waals surface area (Å²) >= 11 is 0. The van der Waals surface area contributed by atoms with Crippen LogP contribution in [0.15, 0.2) is 30.3 Å². The Morgan fingerprint density at radius 1 is 1.30 bits per heavy atom. The van der Waals surface area contributed by atoms with Crippen molar-refractivity contribution in [1.29, 1.82) is 0 Å². The summed E-state index contributed by atoms with van der Waals surface area (Å²) in [6, 6.07) is 11.2. The van der Waals surface area contributed by atoms with Gasteiger partial charge in [-0.25, -0.2) is 4.79 Å². The predicted octanol–water partition coefficient (Wildman–Crippen LogP) is 3.74. The van der Waals surface area contributed by atoms with E-state index in [0.29, 0.717) is 6.04 Å². The first kappa shape index (κ1) is 16.3. The molecule has 0 aromatic heterocycles. The topological polar surface area (TPSA) is 41.6 Å². The van der Waals surface area contributed by atoms with Crippen molar-refractivity contribution in [3.8, 4) is 0 Å². The third kappa shape index (κ3) is 3.69. The van der Waals surface area contributed by atoms with E-state index in [1.165, 1.54) is 18.4 Å². The summed E-state index contributed by atoms with van der Waals surface area (Å²) in [7, 11) is 0. The number of rotatable bonds is 3. The van der Waals surface area contributed by atoms with Crippen molar-refractivity contribution in [2.75, 3.05) is 13.1 Å². The minimum absolute atomic E-state index is 0.198. The van der Waals surface area contributed by atoms with Crippen LogP contribution in [0.2, 0.25) is 0 Å². The molecule has 4 nitrogen and oxygen atoms in total. The lowest BCUT2D eigenvalue weighted by Gasteiger charge is -2.25. The summed E-state index contributed by atoms with van der Waals surface area (Å²) in [5, 5.41) is 3.12. The average molecular weight is 316 g/mol. The molecule has 1 aliphatic carbocycles. The summed E-state index contributed by atoms with van der Waals surface area (Å²) in [5.74, 6) is 0. The lowest BCUT2D eigenvalue weighted by Crippen LogP contribution is -2.44. The van der Waals surface area contributed by atoms with Gasteiger partial charge in [0.1, 0.15) is 5.60 Å². The zero-order valence-corrected chi connectivity index (χ0v) is 14.6. The highest BCUT2D eigenvalue weighted by molar-refractivity contribution is 5.68. The Labute approximate surface area is 139 Å². The van der Waals surface area contributed by atoms with Gasteiger partial charge in [0, 0.05) is 24.5 Å². The first-order valence-corrected chi connectivity index (χ1v) is 8.58. The van der Waals surface area contributed by atoms with Gasteiger partial charge in [-0.05, 0) is 46.1 Å². The molecule has 1 spiro atoms. The van der Waals surface area contributed by atoms with E-state index in [1.54, 1.807) is 0 Å². The van der Waals surface area contributed by atoms with Crippen LogP contribution in [-0.4, -0.2) is 35.7 Å². The molecule has 3 rings (SSSR count). The number of carbonyl (C=O) groups is 1. The highest BCUT2D eigenvalue weighted by Gasteiger charge is 2.56.